The quantitative estimate of drug-likeness (QED) is 0.739. The van der Waals surface area contributed by atoms with Gasteiger partial charge in [0.15, 0.2) is 0 Å². The Morgan fingerprint density at radius 3 is 2.46 bits per heavy atom. The lowest BCUT2D eigenvalue weighted by molar-refractivity contribution is 0.419. The molecule has 1 nitrogen and oxygen atoms in total. The van der Waals surface area contributed by atoms with Gasteiger partial charge in [-0.15, -0.1) is 0 Å². The van der Waals surface area contributed by atoms with Crippen molar-refractivity contribution in [1.82, 2.24) is 5.32 Å². The van der Waals surface area contributed by atoms with Crippen molar-refractivity contribution in [2.24, 2.45) is 0 Å². The number of nitrogens with one attached hydrogen (secondary N) is 1. The number of rotatable bonds is 2. The van der Waals surface area contributed by atoms with Gasteiger partial charge in [0.25, 0.3) is 0 Å². The standard InChI is InChI=1S/C11H16FN/c1-8-5-6-10(12)9(7-8)11(2,3)13-4/h5-7,13H,1-4H3. The van der Waals surface area contributed by atoms with Gasteiger partial charge in [-0.1, -0.05) is 17.7 Å². The first kappa shape index (κ1) is 10.2. The number of benzene rings is 1. The highest BCUT2D eigenvalue weighted by molar-refractivity contribution is 5.29. The Hall–Kier alpha value is -0.890. The molecular formula is C11H16FN. The van der Waals surface area contributed by atoms with Gasteiger partial charge < -0.3 is 5.32 Å². The van der Waals surface area contributed by atoms with E-state index in [0.29, 0.717) is 0 Å². The van der Waals surface area contributed by atoms with Gasteiger partial charge in [-0.05, 0) is 33.9 Å². The Bertz CT molecular complexity index is 305. The number of aryl methyl sites for hydroxylation is 1. The van der Waals surface area contributed by atoms with Gasteiger partial charge in [0.1, 0.15) is 5.82 Å². The fourth-order valence-electron chi connectivity index (χ4n) is 1.25. The zero-order valence-electron chi connectivity index (χ0n) is 8.61. The maximum atomic E-state index is 13.4. The first-order valence-corrected chi connectivity index (χ1v) is 4.43. The highest BCUT2D eigenvalue weighted by Gasteiger charge is 2.21. The Kier molecular flexibility index (Phi) is 2.71. The van der Waals surface area contributed by atoms with Gasteiger partial charge in [0.2, 0.25) is 0 Å². The number of hydrogen-bond acceptors (Lipinski definition) is 1. The van der Waals surface area contributed by atoms with Gasteiger partial charge >= 0.3 is 0 Å². The Morgan fingerprint density at radius 1 is 1.31 bits per heavy atom. The van der Waals surface area contributed by atoms with Crippen molar-refractivity contribution in [3.8, 4) is 0 Å². The molecule has 0 radical (unpaired) electrons. The van der Waals surface area contributed by atoms with Crippen LogP contribution in [0, 0.1) is 12.7 Å². The summed E-state index contributed by atoms with van der Waals surface area (Å²) in [6.07, 6.45) is 0. The van der Waals surface area contributed by atoms with Crippen molar-refractivity contribution >= 4 is 0 Å². The molecule has 13 heavy (non-hydrogen) atoms. The van der Waals surface area contributed by atoms with E-state index in [0.717, 1.165) is 11.1 Å². The second-order valence-electron chi connectivity index (χ2n) is 3.86. The summed E-state index contributed by atoms with van der Waals surface area (Å²) in [6.45, 7) is 5.89. The molecule has 0 saturated carbocycles. The molecule has 0 heterocycles. The monoisotopic (exact) mass is 181 g/mol. The normalized spacial score (nSPS) is 11.8. The van der Waals surface area contributed by atoms with Crippen LogP contribution in [0.25, 0.3) is 0 Å². The molecule has 1 aromatic carbocycles. The Balaban J connectivity index is 3.20. The summed E-state index contributed by atoms with van der Waals surface area (Å²) in [6, 6.07) is 5.18. The minimum atomic E-state index is -0.309. The van der Waals surface area contributed by atoms with E-state index in [1.807, 2.05) is 33.9 Å². The Labute approximate surface area is 79.0 Å². The predicted molar refractivity (Wildman–Crippen MR) is 53.2 cm³/mol. The van der Waals surface area contributed by atoms with Crippen LogP contribution >= 0.6 is 0 Å². The van der Waals surface area contributed by atoms with Crippen molar-refractivity contribution in [1.29, 1.82) is 0 Å². The Morgan fingerprint density at radius 2 is 1.92 bits per heavy atom. The summed E-state index contributed by atoms with van der Waals surface area (Å²) >= 11 is 0. The third-order valence-corrected chi connectivity index (χ3v) is 2.42. The second kappa shape index (κ2) is 3.46. The van der Waals surface area contributed by atoms with Crippen LogP contribution < -0.4 is 5.32 Å². The smallest absolute Gasteiger partial charge is 0.128 e. The minimum absolute atomic E-state index is 0.148. The maximum absolute atomic E-state index is 13.4. The van der Waals surface area contributed by atoms with Gasteiger partial charge in [-0.2, -0.15) is 0 Å². The predicted octanol–water partition coefficient (Wildman–Crippen LogP) is 2.59. The van der Waals surface area contributed by atoms with E-state index in [1.165, 1.54) is 6.07 Å². The largest absolute Gasteiger partial charge is 0.311 e. The highest BCUT2D eigenvalue weighted by atomic mass is 19.1. The molecule has 1 rings (SSSR count). The molecule has 0 amide bonds. The molecule has 0 aliphatic rings. The van der Waals surface area contributed by atoms with Crippen molar-refractivity contribution in [2.45, 2.75) is 26.3 Å². The third kappa shape index (κ3) is 2.07. The molecule has 72 valence electrons. The van der Waals surface area contributed by atoms with E-state index in [9.17, 15) is 4.39 Å². The van der Waals surface area contributed by atoms with Crippen LogP contribution in [-0.4, -0.2) is 7.05 Å². The fourth-order valence-corrected chi connectivity index (χ4v) is 1.25. The van der Waals surface area contributed by atoms with Gasteiger partial charge in [-0.3, -0.25) is 0 Å². The summed E-state index contributed by atoms with van der Waals surface area (Å²) in [7, 11) is 1.84. The molecular weight excluding hydrogens is 165 g/mol. The van der Waals surface area contributed by atoms with Gasteiger partial charge in [0, 0.05) is 11.1 Å². The second-order valence-corrected chi connectivity index (χ2v) is 3.86. The van der Waals surface area contributed by atoms with Crippen molar-refractivity contribution < 1.29 is 4.39 Å². The molecule has 0 aliphatic heterocycles. The van der Waals surface area contributed by atoms with Crippen molar-refractivity contribution in [3.05, 3.63) is 35.1 Å². The SMILES string of the molecule is CNC(C)(C)c1cc(C)ccc1F. The lowest BCUT2D eigenvalue weighted by Gasteiger charge is -2.25. The zero-order chi connectivity index (χ0) is 10.1. The molecule has 2 heteroatoms. The van der Waals surface area contributed by atoms with Crippen LogP contribution in [0.4, 0.5) is 4.39 Å². The van der Waals surface area contributed by atoms with E-state index in [2.05, 4.69) is 5.32 Å². The number of halogens is 1. The molecule has 0 atom stereocenters. The molecule has 0 aliphatic carbocycles. The average molecular weight is 181 g/mol. The van der Waals surface area contributed by atoms with Crippen LogP contribution in [0.5, 0.6) is 0 Å². The van der Waals surface area contributed by atoms with E-state index in [-0.39, 0.29) is 11.4 Å². The van der Waals surface area contributed by atoms with Gasteiger partial charge in [-0.25, -0.2) is 4.39 Å². The molecule has 1 aromatic rings. The summed E-state index contributed by atoms with van der Waals surface area (Å²) < 4.78 is 13.4. The lowest BCUT2D eigenvalue weighted by atomic mass is 9.93. The van der Waals surface area contributed by atoms with E-state index in [1.54, 1.807) is 6.07 Å². The highest BCUT2D eigenvalue weighted by Crippen LogP contribution is 2.23. The van der Waals surface area contributed by atoms with Crippen LogP contribution in [-0.2, 0) is 5.54 Å². The van der Waals surface area contributed by atoms with Crippen molar-refractivity contribution in [3.63, 3.8) is 0 Å². The molecule has 0 saturated heterocycles. The fraction of sp³-hybridized carbons (Fsp3) is 0.455. The summed E-state index contributed by atoms with van der Waals surface area (Å²) in [4.78, 5) is 0. The van der Waals surface area contributed by atoms with Crippen LogP contribution in [0.3, 0.4) is 0 Å². The third-order valence-electron chi connectivity index (χ3n) is 2.42. The number of hydrogen-bond donors (Lipinski definition) is 1. The molecule has 0 spiro atoms. The summed E-state index contributed by atoms with van der Waals surface area (Å²) in [5.41, 5.74) is 1.49. The van der Waals surface area contributed by atoms with Crippen LogP contribution in [0.15, 0.2) is 18.2 Å². The minimum Gasteiger partial charge on any atom is -0.311 e. The molecule has 0 unspecified atom stereocenters. The van der Waals surface area contributed by atoms with Crippen LogP contribution in [0.2, 0.25) is 0 Å². The van der Waals surface area contributed by atoms with Crippen LogP contribution in [0.1, 0.15) is 25.0 Å². The maximum Gasteiger partial charge on any atom is 0.128 e. The first-order valence-electron chi connectivity index (χ1n) is 4.43. The van der Waals surface area contributed by atoms with E-state index in [4.69, 9.17) is 0 Å². The lowest BCUT2D eigenvalue weighted by Crippen LogP contribution is -2.34. The summed E-state index contributed by atoms with van der Waals surface area (Å²) in [5, 5.41) is 3.09. The van der Waals surface area contributed by atoms with E-state index < -0.39 is 0 Å². The van der Waals surface area contributed by atoms with E-state index >= 15 is 0 Å². The molecule has 1 N–H and O–H groups in total. The van der Waals surface area contributed by atoms with Crippen molar-refractivity contribution in [2.75, 3.05) is 7.05 Å². The topological polar surface area (TPSA) is 12.0 Å². The zero-order valence-corrected chi connectivity index (χ0v) is 8.61. The molecule has 0 aromatic heterocycles. The average Bonchev–Trinajstić information content (AvgIpc) is 2.09. The summed E-state index contributed by atoms with van der Waals surface area (Å²) in [5.74, 6) is -0.148. The first-order chi connectivity index (χ1) is 5.97. The molecule has 0 fully saturated rings. The molecule has 0 bridgehead atoms. The van der Waals surface area contributed by atoms with Gasteiger partial charge in [0.05, 0.1) is 0 Å².